The van der Waals surface area contributed by atoms with E-state index in [1.165, 1.54) is 4.31 Å². The highest BCUT2D eigenvalue weighted by Gasteiger charge is 2.31. The lowest BCUT2D eigenvalue weighted by Gasteiger charge is -2.25. The van der Waals surface area contributed by atoms with Gasteiger partial charge >= 0.3 is 0 Å². The molecule has 0 saturated heterocycles. The second-order valence-electron chi connectivity index (χ2n) is 3.83. The molecule has 0 aromatic heterocycles. The highest BCUT2D eigenvalue weighted by atomic mass is 32.2. The van der Waals surface area contributed by atoms with Gasteiger partial charge in [-0.25, -0.2) is 0 Å². The SMILES string of the molecule is CC(C)N(CCO)S(=O)(=O)NC1CC1. The Morgan fingerprint density at radius 3 is 2.43 bits per heavy atom. The molecule has 1 saturated carbocycles. The molecule has 1 aliphatic carbocycles. The summed E-state index contributed by atoms with van der Waals surface area (Å²) in [5, 5.41) is 8.76. The van der Waals surface area contributed by atoms with Gasteiger partial charge < -0.3 is 5.11 Å². The molecule has 0 aromatic carbocycles. The zero-order valence-electron chi connectivity index (χ0n) is 8.60. The van der Waals surface area contributed by atoms with Crippen LogP contribution in [-0.4, -0.2) is 43.1 Å². The van der Waals surface area contributed by atoms with E-state index in [0.29, 0.717) is 0 Å². The van der Waals surface area contributed by atoms with Gasteiger partial charge in [-0.05, 0) is 26.7 Å². The first-order chi connectivity index (χ1) is 6.47. The van der Waals surface area contributed by atoms with E-state index in [4.69, 9.17) is 5.11 Å². The molecule has 0 aromatic rings. The maximum absolute atomic E-state index is 11.7. The van der Waals surface area contributed by atoms with Crippen molar-refractivity contribution in [1.29, 1.82) is 0 Å². The summed E-state index contributed by atoms with van der Waals surface area (Å²) in [6.45, 7) is 3.59. The minimum absolute atomic E-state index is 0.111. The topological polar surface area (TPSA) is 69.6 Å². The zero-order valence-corrected chi connectivity index (χ0v) is 9.42. The fraction of sp³-hybridized carbons (Fsp3) is 1.00. The minimum atomic E-state index is -3.40. The van der Waals surface area contributed by atoms with Crippen LogP contribution in [0.2, 0.25) is 0 Å². The molecule has 0 spiro atoms. The van der Waals surface area contributed by atoms with Gasteiger partial charge in [-0.1, -0.05) is 0 Å². The average molecular weight is 222 g/mol. The molecule has 14 heavy (non-hydrogen) atoms. The maximum atomic E-state index is 11.7. The summed E-state index contributed by atoms with van der Waals surface area (Å²) in [5.41, 5.74) is 0. The lowest BCUT2D eigenvalue weighted by molar-refractivity contribution is 0.235. The van der Waals surface area contributed by atoms with Crippen LogP contribution in [-0.2, 0) is 10.2 Å². The van der Waals surface area contributed by atoms with Crippen molar-refractivity contribution in [1.82, 2.24) is 9.03 Å². The van der Waals surface area contributed by atoms with E-state index in [9.17, 15) is 8.42 Å². The highest BCUT2D eigenvalue weighted by molar-refractivity contribution is 7.87. The van der Waals surface area contributed by atoms with Crippen LogP contribution in [0.4, 0.5) is 0 Å². The molecule has 6 heteroatoms. The third-order valence-corrected chi connectivity index (χ3v) is 3.95. The van der Waals surface area contributed by atoms with Crippen molar-refractivity contribution in [2.75, 3.05) is 13.2 Å². The molecule has 0 bridgehead atoms. The first kappa shape index (κ1) is 11.9. The summed E-state index contributed by atoms with van der Waals surface area (Å²) in [4.78, 5) is 0. The Balaban J connectivity index is 2.63. The third kappa shape index (κ3) is 3.20. The van der Waals surface area contributed by atoms with Crippen LogP contribution < -0.4 is 4.72 Å². The van der Waals surface area contributed by atoms with Gasteiger partial charge in [-0.15, -0.1) is 0 Å². The van der Waals surface area contributed by atoms with E-state index < -0.39 is 10.2 Å². The van der Waals surface area contributed by atoms with Gasteiger partial charge in [0.05, 0.1) is 6.61 Å². The van der Waals surface area contributed by atoms with Crippen LogP contribution in [0.15, 0.2) is 0 Å². The van der Waals surface area contributed by atoms with E-state index in [1.54, 1.807) is 13.8 Å². The molecule has 84 valence electrons. The molecule has 0 radical (unpaired) electrons. The zero-order chi connectivity index (χ0) is 10.8. The summed E-state index contributed by atoms with van der Waals surface area (Å²) in [6.07, 6.45) is 1.84. The van der Waals surface area contributed by atoms with Crippen molar-refractivity contribution in [2.45, 2.75) is 38.8 Å². The maximum Gasteiger partial charge on any atom is 0.280 e. The van der Waals surface area contributed by atoms with Gasteiger partial charge in [0.2, 0.25) is 0 Å². The molecular weight excluding hydrogens is 204 g/mol. The number of aliphatic hydroxyl groups excluding tert-OH is 1. The summed E-state index contributed by atoms with van der Waals surface area (Å²) >= 11 is 0. The van der Waals surface area contributed by atoms with Gasteiger partial charge in [0.1, 0.15) is 0 Å². The minimum Gasteiger partial charge on any atom is -0.395 e. The molecular formula is C8H18N2O3S. The summed E-state index contributed by atoms with van der Waals surface area (Å²) in [7, 11) is -3.40. The lowest BCUT2D eigenvalue weighted by Crippen LogP contribution is -2.46. The van der Waals surface area contributed by atoms with E-state index in [2.05, 4.69) is 4.72 Å². The number of nitrogens with zero attached hydrogens (tertiary/aromatic N) is 1. The van der Waals surface area contributed by atoms with E-state index >= 15 is 0 Å². The van der Waals surface area contributed by atoms with Crippen molar-refractivity contribution >= 4 is 10.2 Å². The van der Waals surface area contributed by atoms with Crippen molar-refractivity contribution < 1.29 is 13.5 Å². The van der Waals surface area contributed by atoms with Crippen molar-refractivity contribution in [3.8, 4) is 0 Å². The van der Waals surface area contributed by atoms with Crippen molar-refractivity contribution in [3.05, 3.63) is 0 Å². The molecule has 1 fully saturated rings. The summed E-state index contributed by atoms with van der Waals surface area (Å²) in [6, 6.07) is -0.0154. The Morgan fingerprint density at radius 2 is 2.07 bits per heavy atom. The Labute approximate surface area is 85.3 Å². The molecule has 0 atom stereocenters. The number of hydrogen-bond donors (Lipinski definition) is 2. The molecule has 0 aliphatic heterocycles. The number of nitrogens with one attached hydrogen (secondary N) is 1. The first-order valence-corrected chi connectivity index (χ1v) is 6.31. The van der Waals surface area contributed by atoms with Crippen LogP contribution in [0.25, 0.3) is 0 Å². The fourth-order valence-electron chi connectivity index (χ4n) is 1.23. The summed E-state index contributed by atoms with van der Waals surface area (Å²) < 4.78 is 27.3. The Hall–Kier alpha value is -0.170. The lowest BCUT2D eigenvalue weighted by atomic mass is 10.4. The smallest absolute Gasteiger partial charge is 0.280 e. The third-order valence-electron chi connectivity index (χ3n) is 2.10. The number of hydrogen-bond acceptors (Lipinski definition) is 3. The normalized spacial score (nSPS) is 18.1. The molecule has 0 amide bonds. The second-order valence-corrected chi connectivity index (χ2v) is 5.48. The quantitative estimate of drug-likeness (QED) is 0.647. The predicted octanol–water partition coefficient (Wildman–Crippen LogP) is -0.314. The van der Waals surface area contributed by atoms with Gasteiger partial charge in [0.25, 0.3) is 10.2 Å². The number of aliphatic hydroxyl groups is 1. The molecule has 1 aliphatic rings. The van der Waals surface area contributed by atoms with Crippen LogP contribution in [0, 0.1) is 0 Å². The Morgan fingerprint density at radius 1 is 1.50 bits per heavy atom. The molecule has 5 nitrogen and oxygen atoms in total. The van der Waals surface area contributed by atoms with Crippen molar-refractivity contribution in [2.24, 2.45) is 0 Å². The molecule has 1 rings (SSSR count). The van der Waals surface area contributed by atoms with Crippen LogP contribution in [0.5, 0.6) is 0 Å². The Kier molecular flexibility index (Phi) is 3.88. The average Bonchev–Trinajstić information content (AvgIpc) is 2.82. The summed E-state index contributed by atoms with van der Waals surface area (Å²) in [5.74, 6) is 0. The Bertz CT molecular complexity index is 272. The van der Waals surface area contributed by atoms with Gasteiger partial charge in [0, 0.05) is 18.6 Å². The fourth-order valence-corrected chi connectivity index (χ4v) is 2.90. The predicted molar refractivity (Wildman–Crippen MR) is 54.0 cm³/mol. The largest absolute Gasteiger partial charge is 0.395 e. The van der Waals surface area contributed by atoms with Gasteiger partial charge in [-0.2, -0.15) is 17.4 Å². The number of rotatable bonds is 6. The van der Waals surface area contributed by atoms with E-state index in [1.807, 2.05) is 0 Å². The monoisotopic (exact) mass is 222 g/mol. The molecule has 0 unspecified atom stereocenters. The van der Waals surface area contributed by atoms with Gasteiger partial charge in [0.15, 0.2) is 0 Å². The molecule has 0 heterocycles. The van der Waals surface area contributed by atoms with E-state index in [-0.39, 0.29) is 25.2 Å². The van der Waals surface area contributed by atoms with Crippen molar-refractivity contribution in [3.63, 3.8) is 0 Å². The standard InChI is InChI=1S/C8H18N2O3S/c1-7(2)10(5-6-11)14(12,13)9-8-3-4-8/h7-9,11H,3-6H2,1-2H3. The van der Waals surface area contributed by atoms with Crippen LogP contribution in [0.1, 0.15) is 26.7 Å². The van der Waals surface area contributed by atoms with Gasteiger partial charge in [-0.3, -0.25) is 0 Å². The molecule has 2 N–H and O–H groups in total. The van der Waals surface area contributed by atoms with E-state index in [0.717, 1.165) is 12.8 Å². The first-order valence-electron chi connectivity index (χ1n) is 4.87. The highest BCUT2D eigenvalue weighted by Crippen LogP contribution is 2.21. The van der Waals surface area contributed by atoms with Crippen LogP contribution in [0.3, 0.4) is 0 Å². The second kappa shape index (κ2) is 4.57. The van der Waals surface area contributed by atoms with Crippen LogP contribution >= 0.6 is 0 Å².